The second kappa shape index (κ2) is 5.58. The maximum atomic E-state index is 12.7. The molecule has 10 heteroatoms. The van der Waals surface area contributed by atoms with Crippen molar-refractivity contribution in [2.24, 2.45) is 0 Å². The lowest BCUT2D eigenvalue weighted by Crippen LogP contribution is -2.41. The molecule has 0 aliphatic heterocycles. The molecule has 2 N–H and O–H groups in total. The van der Waals surface area contributed by atoms with Crippen molar-refractivity contribution in [2.45, 2.75) is 43.4 Å². The quantitative estimate of drug-likeness (QED) is 0.822. The molecule has 0 unspecified atom stereocenters. The number of sulfonamides is 1. The Morgan fingerprint density at radius 2 is 2.05 bits per heavy atom. The van der Waals surface area contributed by atoms with E-state index >= 15 is 0 Å². The van der Waals surface area contributed by atoms with Crippen molar-refractivity contribution >= 4 is 10.0 Å². The van der Waals surface area contributed by atoms with E-state index in [9.17, 15) is 21.6 Å². The standard InChI is InChI=1S/C11H17F3N4O2S/c1-7-10(9(5-15-2)17-16-7)21(19,20)18(8-3-4-8)6-11(12,13)14/h8,15H,3-6H2,1-2H3,(H,16,17). The minimum absolute atomic E-state index is 0.156. The van der Waals surface area contributed by atoms with Gasteiger partial charge in [0.15, 0.2) is 0 Å². The van der Waals surface area contributed by atoms with Crippen LogP contribution in [0.2, 0.25) is 0 Å². The highest BCUT2D eigenvalue weighted by atomic mass is 32.2. The number of nitrogens with one attached hydrogen (secondary N) is 2. The Labute approximate surface area is 120 Å². The van der Waals surface area contributed by atoms with Crippen molar-refractivity contribution in [3.63, 3.8) is 0 Å². The van der Waals surface area contributed by atoms with Crippen LogP contribution in [0.25, 0.3) is 0 Å². The Morgan fingerprint density at radius 1 is 1.43 bits per heavy atom. The third-order valence-electron chi connectivity index (χ3n) is 3.16. The molecule has 1 aromatic heterocycles. The molecular formula is C11H17F3N4O2S. The highest BCUT2D eigenvalue weighted by Crippen LogP contribution is 2.36. The van der Waals surface area contributed by atoms with Gasteiger partial charge >= 0.3 is 6.18 Å². The highest BCUT2D eigenvalue weighted by Gasteiger charge is 2.46. The van der Waals surface area contributed by atoms with Gasteiger partial charge in [0.2, 0.25) is 10.0 Å². The van der Waals surface area contributed by atoms with E-state index in [-0.39, 0.29) is 22.8 Å². The first-order chi connectivity index (χ1) is 9.66. The second-order valence-electron chi connectivity index (χ2n) is 5.05. The van der Waals surface area contributed by atoms with Crippen LogP contribution in [0.5, 0.6) is 0 Å². The maximum Gasteiger partial charge on any atom is 0.402 e. The molecule has 0 spiro atoms. The topological polar surface area (TPSA) is 78.1 Å². The summed E-state index contributed by atoms with van der Waals surface area (Å²) in [5, 5.41) is 9.14. The molecule has 120 valence electrons. The van der Waals surface area contributed by atoms with E-state index in [2.05, 4.69) is 15.5 Å². The van der Waals surface area contributed by atoms with E-state index in [0.29, 0.717) is 17.1 Å². The number of alkyl halides is 3. The summed E-state index contributed by atoms with van der Waals surface area (Å²) in [5.41, 5.74) is 0.441. The normalized spacial score (nSPS) is 16.7. The van der Waals surface area contributed by atoms with Crippen LogP contribution >= 0.6 is 0 Å². The summed E-state index contributed by atoms with van der Waals surface area (Å²) in [6, 6.07) is -0.576. The number of halogens is 3. The maximum absolute atomic E-state index is 12.7. The highest BCUT2D eigenvalue weighted by molar-refractivity contribution is 7.89. The second-order valence-corrected chi connectivity index (χ2v) is 6.88. The summed E-state index contributed by atoms with van der Waals surface area (Å²) < 4.78 is 63.8. The minimum Gasteiger partial charge on any atom is -0.314 e. The largest absolute Gasteiger partial charge is 0.402 e. The van der Waals surface area contributed by atoms with Crippen LogP contribution in [0.4, 0.5) is 13.2 Å². The smallest absolute Gasteiger partial charge is 0.314 e. The van der Waals surface area contributed by atoms with Crippen molar-refractivity contribution < 1.29 is 21.6 Å². The minimum atomic E-state index is -4.57. The fourth-order valence-corrected chi connectivity index (χ4v) is 4.17. The first kappa shape index (κ1) is 16.2. The van der Waals surface area contributed by atoms with Crippen LogP contribution in [0.1, 0.15) is 24.2 Å². The summed E-state index contributed by atoms with van der Waals surface area (Å²) >= 11 is 0. The molecule has 0 bridgehead atoms. The van der Waals surface area contributed by atoms with E-state index in [1.165, 1.54) is 6.92 Å². The number of H-pyrrole nitrogens is 1. The molecule has 1 heterocycles. The van der Waals surface area contributed by atoms with E-state index < -0.39 is 28.8 Å². The van der Waals surface area contributed by atoms with Crippen LogP contribution in [0.15, 0.2) is 4.90 Å². The summed E-state index contributed by atoms with van der Waals surface area (Å²) in [6.45, 7) is 0.171. The fraction of sp³-hybridized carbons (Fsp3) is 0.727. The van der Waals surface area contributed by atoms with E-state index in [4.69, 9.17) is 0 Å². The Hall–Kier alpha value is -1.13. The van der Waals surface area contributed by atoms with Gasteiger partial charge in [-0.3, -0.25) is 5.10 Å². The lowest BCUT2D eigenvalue weighted by Gasteiger charge is -2.23. The molecule has 0 atom stereocenters. The van der Waals surface area contributed by atoms with Gasteiger partial charge in [-0.1, -0.05) is 0 Å². The SMILES string of the molecule is CNCc1n[nH]c(C)c1S(=O)(=O)N(CC(F)(F)F)C1CC1. The predicted octanol–water partition coefficient (Wildman–Crippen LogP) is 1.15. The van der Waals surface area contributed by atoms with Crippen LogP contribution in [-0.2, 0) is 16.6 Å². The number of rotatable bonds is 6. The predicted molar refractivity (Wildman–Crippen MR) is 69.1 cm³/mol. The van der Waals surface area contributed by atoms with Crippen LogP contribution in [-0.4, -0.2) is 48.7 Å². The third-order valence-corrected chi connectivity index (χ3v) is 5.26. The van der Waals surface area contributed by atoms with Gasteiger partial charge in [-0.05, 0) is 26.8 Å². The Balaban J connectivity index is 2.41. The van der Waals surface area contributed by atoms with Crippen molar-refractivity contribution in [3.05, 3.63) is 11.4 Å². The molecule has 2 rings (SSSR count). The van der Waals surface area contributed by atoms with Crippen LogP contribution in [0, 0.1) is 6.92 Å². The Kier molecular flexibility index (Phi) is 4.31. The van der Waals surface area contributed by atoms with E-state index in [0.717, 1.165) is 0 Å². The molecule has 1 saturated carbocycles. The molecule has 1 aromatic rings. The summed E-state index contributed by atoms with van der Waals surface area (Å²) in [7, 11) is -2.63. The summed E-state index contributed by atoms with van der Waals surface area (Å²) in [5.74, 6) is 0. The summed E-state index contributed by atoms with van der Waals surface area (Å²) in [6.07, 6.45) is -3.67. The Bertz CT molecular complexity index is 607. The van der Waals surface area contributed by atoms with Crippen molar-refractivity contribution in [3.8, 4) is 0 Å². The molecular weight excluding hydrogens is 309 g/mol. The first-order valence-electron chi connectivity index (χ1n) is 6.44. The van der Waals surface area contributed by atoms with Crippen LogP contribution < -0.4 is 5.32 Å². The average molecular weight is 326 g/mol. The molecule has 1 aliphatic carbocycles. The molecule has 21 heavy (non-hydrogen) atoms. The average Bonchev–Trinajstić information content (AvgIpc) is 3.10. The molecule has 0 radical (unpaired) electrons. The first-order valence-corrected chi connectivity index (χ1v) is 7.88. The van der Waals surface area contributed by atoms with Gasteiger partial charge in [0, 0.05) is 12.6 Å². The van der Waals surface area contributed by atoms with Crippen molar-refractivity contribution in [1.29, 1.82) is 0 Å². The van der Waals surface area contributed by atoms with E-state index in [1.54, 1.807) is 7.05 Å². The number of hydrogen-bond donors (Lipinski definition) is 2. The monoisotopic (exact) mass is 326 g/mol. The van der Waals surface area contributed by atoms with Gasteiger partial charge in [-0.25, -0.2) is 8.42 Å². The number of aromatic amines is 1. The zero-order valence-electron chi connectivity index (χ0n) is 11.7. The molecule has 0 amide bonds. The number of aryl methyl sites for hydroxylation is 1. The Morgan fingerprint density at radius 3 is 2.52 bits per heavy atom. The van der Waals surface area contributed by atoms with Gasteiger partial charge < -0.3 is 5.32 Å². The van der Waals surface area contributed by atoms with Crippen LogP contribution in [0.3, 0.4) is 0 Å². The molecule has 0 aromatic carbocycles. The van der Waals surface area contributed by atoms with E-state index in [1.807, 2.05) is 0 Å². The third kappa shape index (κ3) is 3.55. The van der Waals surface area contributed by atoms with Gasteiger partial charge in [-0.2, -0.15) is 22.6 Å². The molecule has 1 fully saturated rings. The van der Waals surface area contributed by atoms with Crippen molar-refractivity contribution in [1.82, 2.24) is 19.8 Å². The lowest BCUT2D eigenvalue weighted by atomic mass is 10.4. The molecule has 1 aliphatic rings. The zero-order valence-corrected chi connectivity index (χ0v) is 12.5. The molecule has 0 saturated heterocycles. The number of hydrogen-bond acceptors (Lipinski definition) is 4. The van der Waals surface area contributed by atoms with Gasteiger partial charge in [-0.15, -0.1) is 0 Å². The molecule has 6 nitrogen and oxygen atoms in total. The fourth-order valence-electron chi connectivity index (χ4n) is 2.17. The van der Waals surface area contributed by atoms with Gasteiger partial charge in [0.25, 0.3) is 0 Å². The van der Waals surface area contributed by atoms with Gasteiger partial charge in [0.1, 0.15) is 11.4 Å². The number of aromatic nitrogens is 2. The lowest BCUT2D eigenvalue weighted by molar-refractivity contribution is -0.137. The number of nitrogens with zero attached hydrogens (tertiary/aromatic N) is 2. The van der Waals surface area contributed by atoms with Gasteiger partial charge in [0.05, 0.1) is 11.4 Å². The summed E-state index contributed by atoms with van der Waals surface area (Å²) in [4.78, 5) is -0.159. The van der Waals surface area contributed by atoms with Crippen molar-refractivity contribution in [2.75, 3.05) is 13.6 Å². The zero-order chi connectivity index (χ0) is 15.8.